The van der Waals surface area contributed by atoms with Crippen molar-refractivity contribution in [2.75, 3.05) is 57.8 Å². The van der Waals surface area contributed by atoms with Gasteiger partial charge in [-0.3, -0.25) is 0 Å². The van der Waals surface area contributed by atoms with Gasteiger partial charge in [0.2, 0.25) is 11.9 Å². The van der Waals surface area contributed by atoms with Crippen molar-refractivity contribution in [2.24, 2.45) is 0 Å². The Bertz CT molecular complexity index is 364. The third-order valence-corrected chi connectivity index (χ3v) is 2.07. The zero-order valence-corrected chi connectivity index (χ0v) is 11.6. The largest absolute Gasteiger partial charge is 0.464 e. The first-order chi connectivity index (χ1) is 9.30. The number of nitrogens with zero attached hydrogens (tertiary/aromatic N) is 3. The molecule has 0 saturated carbocycles. The van der Waals surface area contributed by atoms with E-state index >= 15 is 0 Å². The lowest BCUT2D eigenvalue weighted by molar-refractivity contribution is 0.0758. The van der Waals surface area contributed by atoms with Gasteiger partial charge >= 0.3 is 6.01 Å². The molecule has 0 radical (unpaired) electrons. The van der Waals surface area contributed by atoms with Crippen LogP contribution in [0.4, 0.5) is 11.9 Å². The van der Waals surface area contributed by atoms with Crippen LogP contribution in [-0.4, -0.2) is 62.1 Å². The van der Waals surface area contributed by atoms with E-state index < -0.39 is 0 Å². The van der Waals surface area contributed by atoms with Gasteiger partial charge in [-0.05, 0) is 6.92 Å². The van der Waals surface area contributed by atoms with Crippen LogP contribution in [0.1, 0.15) is 6.92 Å². The molecule has 8 nitrogen and oxygen atoms in total. The number of methoxy groups -OCH3 is 1. The molecular formula is C11H21N5O3. The average Bonchev–Trinajstić information content (AvgIpc) is 2.43. The summed E-state index contributed by atoms with van der Waals surface area (Å²) in [5.74, 6) is 0.916. The second kappa shape index (κ2) is 9.29. The molecule has 108 valence electrons. The molecule has 1 aromatic rings. The highest BCUT2D eigenvalue weighted by Crippen LogP contribution is 2.10. The summed E-state index contributed by atoms with van der Waals surface area (Å²) in [5, 5.41) is 5.90. The third-order valence-electron chi connectivity index (χ3n) is 2.07. The van der Waals surface area contributed by atoms with Crippen molar-refractivity contribution in [1.82, 2.24) is 15.0 Å². The number of anilines is 2. The van der Waals surface area contributed by atoms with Crippen molar-refractivity contribution < 1.29 is 14.2 Å². The fraction of sp³-hybridized carbons (Fsp3) is 0.727. The standard InChI is InChI=1S/C11H21N5O3/c1-4-19-11-15-9(12-2)14-10(16-11)13-5-6-18-8-7-17-3/h4-8H2,1-3H3,(H2,12,13,14,15,16). The lowest BCUT2D eigenvalue weighted by Gasteiger charge is -2.08. The number of aromatic nitrogens is 3. The second-order valence-electron chi connectivity index (χ2n) is 3.48. The van der Waals surface area contributed by atoms with E-state index in [0.29, 0.717) is 50.9 Å². The Labute approximate surface area is 112 Å². The van der Waals surface area contributed by atoms with Crippen molar-refractivity contribution in [2.45, 2.75) is 6.92 Å². The zero-order valence-electron chi connectivity index (χ0n) is 11.6. The van der Waals surface area contributed by atoms with Crippen LogP contribution in [0, 0.1) is 0 Å². The van der Waals surface area contributed by atoms with Gasteiger partial charge in [0.05, 0.1) is 26.4 Å². The van der Waals surface area contributed by atoms with Crippen LogP contribution in [0.25, 0.3) is 0 Å². The van der Waals surface area contributed by atoms with E-state index in [-0.39, 0.29) is 0 Å². The molecule has 0 aliphatic rings. The Morgan fingerprint density at radius 3 is 2.53 bits per heavy atom. The van der Waals surface area contributed by atoms with Crippen LogP contribution in [0.5, 0.6) is 6.01 Å². The normalized spacial score (nSPS) is 10.3. The van der Waals surface area contributed by atoms with E-state index in [1.54, 1.807) is 14.2 Å². The molecule has 1 heterocycles. The van der Waals surface area contributed by atoms with Gasteiger partial charge in [-0.25, -0.2) is 0 Å². The molecule has 0 aromatic carbocycles. The van der Waals surface area contributed by atoms with Gasteiger partial charge in [0.25, 0.3) is 0 Å². The summed E-state index contributed by atoms with van der Waals surface area (Å²) in [4.78, 5) is 12.4. The Morgan fingerprint density at radius 1 is 1.05 bits per heavy atom. The first-order valence-electron chi connectivity index (χ1n) is 6.17. The fourth-order valence-corrected chi connectivity index (χ4v) is 1.22. The first-order valence-corrected chi connectivity index (χ1v) is 6.17. The molecule has 1 rings (SSSR count). The van der Waals surface area contributed by atoms with Crippen molar-refractivity contribution in [3.8, 4) is 6.01 Å². The van der Waals surface area contributed by atoms with Crippen LogP contribution in [0.2, 0.25) is 0 Å². The molecule has 8 heteroatoms. The van der Waals surface area contributed by atoms with Gasteiger partial charge in [0, 0.05) is 20.7 Å². The molecule has 0 amide bonds. The highest BCUT2D eigenvalue weighted by molar-refractivity contribution is 5.35. The van der Waals surface area contributed by atoms with Crippen molar-refractivity contribution in [3.05, 3.63) is 0 Å². The predicted octanol–water partition coefficient (Wildman–Crippen LogP) is 0.387. The highest BCUT2D eigenvalue weighted by Gasteiger charge is 2.05. The van der Waals surface area contributed by atoms with Gasteiger partial charge < -0.3 is 24.8 Å². The minimum absolute atomic E-state index is 0.296. The minimum atomic E-state index is 0.296. The Balaban J connectivity index is 2.41. The molecule has 0 aliphatic carbocycles. The maximum Gasteiger partial charge on any atom is 0.323 e. The number of ether oxygens (including phenoxy) is 3. The zero-order chi connectivity index (χ0) is 13.9. The molecule has 0 atom stereocenters. The average molecular weight is 271 g/mol. The summed E-state index contributed by atoms with van der Waals surface area (Å²) in [6, 6.07) is 0.296. The maximum atomic E-state index is 5.32. The van der Waals surface area contributed by atoms with Crippen molar-refractivity contribution in [1.29, 1.82) is 0 Å². The summed E-state index contributed by atoms with van der Waals surface area (Å²) < 4.78 is 15.5. The molecule has 0 spiro atoms. The molecule has 1 aromatic heterocycles. The highest BCUT2D eigenvalue weighted by atomic mass is 16.5. The summed E-state index contributed by atoms with van der Waals surface area (Å²) in [7, 11) is 3.38. The first kappa shape index (κ1) is 15.4. The van der Waals surface area contributed by atoms with Gasteiger partial charge in [-0.2, -0.15) is 15.0 Å². The van der Waals surface area contributed by atoms with Crippen molar-refractivity contribution in [3.63, 3.8) is 0 Å². The smallest absolute Gasteiger partial charge is 0.323 e. The van der Waals surface area contributed by atoms with Gasteiger partial charge in [0.15, 0.2) is 0 Å². The number of rotatable bonds is 10. The maximum absolute atomic E-state index is 5.32. The van der Waals surface area contributed by atoms with Gasteiger partial charge in [-0.1, -0.05) is 0 Å². The topological polar surface area (TPSA) is 90.4 Å². The van der Waals surface area contributed by atoms with Crippen LogP contribution >= 0.6 is 0 Å². The summed E-state index contributed by atoms with van der Waals surface area (Å²) in [5.41, 5.74) is 0. The van der Waals surface area contributed by atoms with Crippen LogP contribution in [-0.2, 0) is 9.47 Å². The van der Waals surface area contributed by atoms with E-state index in [0.717, 1.165) is 0 Å². The molecule has 0 fully saturated rings. The third kappa shape index (κ3) is 6.16. The molecule has 0 bridgehead atoms. The van der Waals surface area contributed by atoms with E-state index in [1.165, 1.54) is 0 Å². The van der Waals surface area contributed by atoms with E-state index in [9.17, 15) is 0 Å². The molecule has 0 aliphatic heterocycles. The number of hydrogen-bond acceptors (Lipinski definition) is 8. The van der Waals surface area contributed by atoms with Crippen molar-refractivity contribution >= 4 is 11.9 Å². The quantitative estimate of drug-likeness (QED) is 0.590. The second-order valence-corrected chi connectivity index (χ2v) is 3.48. The van der Waals surface area contributed by atoms with Gasteiger partial charge in [-0.15, -0.1) is 0 Å². The molecule has 0 unspecified atom stereocenters. The van der Waals surface area contributed by atoms with Gasteiger partial charge in [0.1, 0.15) is 0 Å². The van der Waals surface area contributed by atoms with E-state index in [1.807, 2.05) is 6.92 Å². The summed E-state index contributed by atoms with van der Waals surface area (Å²) >= 11 is 0. The molecular weight excluding hydrogens is 250 g/mol. The molecule has 2 N–H and O–H groups in total. The number of nitrogens with one attached hydrogen (secondary N) is 2. The summed E-state index contributed by atoms with van der Waals surface area (Å²) in [6.07, 6.45) is 0. The SMILES string of the molecule is CCOc1nc(NC)nc(NCCOCCOC)n1. The fourth-order valence-electron chi connectivity index (χ4n) is 1.22. The Kier molecular flexibility index (Phi) is 7.52. The van der Waals surface area contributed by atoms with E-state index in [2.05, 4.69) is 25.6 Å². The van der Waals surface area contributed by atoms with E-state index in [4.69, 9.17) is 14.2 Å². The van der Waals surface area contributed by atoms with Crippen LogP contribution < -0.4 is 15.4 Å². The van der Waals surface area contributed by atoms with Crippen LogP contribution in [0.15, 0.2) is 0 Å². The molecule has 0 saturated heterocycles. The Hall–Kier alpha value is -1.67. The summed E-state index contributed by atoms with van der Waals surface area (Å²) in [6.45, 7) is 4.69. The molecule has 19 heavy (non-hydrogen) atoms. The lowest BCUT2D eigenvalue weighted by Crippen LogP contribution is -2.15. The number of hydrogen-bond donors (Lipinski definition) is 2. The lowest BCUT2D eigenvalue weighted by atomic mass is 10.6. The van der Waals surface area contributed by atoms with Crippen LogP contribution in [0.3, 0.4) is 0 Å². The Morgan fingerprint density at radius 2 is 1.84 bits per heavy atom. The minimum Gasteiger partial charge on any atom is -0.464 e. The monoisotopic (exact) mass is 271 g/mol. The predicted molar refractivity (Wildman–Crippen MR) is 71.7 cm³/mol.